The first-order chi connectivity index (χ1) is 6.96. The van der Waals surface area contributed by atoms with E-state index in [-0.39, 0.29) is 10.9 Å². The number of rotatable bonds is 1. The average Bonchev–Trinajstić information content (AvgIpc) is 2.21. The fourth-order valence-electron chi connectivity index (χ4n) is 1.03. The SMILES string of the molecule is CC1(C)N=C(O[Si](C)(C)C(C)(C)C)NC1=O. The minimum Gasteiger partial charge on any atom is -0.518 e. The number of aliphatic imine (C=N–C) groups is 1. The molecule has 1 rings (SSSR count). The number of amidine groups is 1. The van der Waals surface area contributed by atoms with Crippen LogP contribution in [0.25, 0.3) is 0 Å². The van der Waals surface area contributed by atoms with Crippen LogP contribution in [-0.4, -0.2) is 25.8 Å². The second kappa shape index (κ2) is 3.58. The van der Waals surface area contributed by atoms with Gasteiger partial charge < -0.3 is 4.43 Å². The Kier molecular flexibility index (Phi) is 2.96. The van der Waals surface area contributed by atoms with Crippen LogP contribution in [0.15, 0.2) is 4.99 Å². The number of nitrogens with zero attached hydrogens (tertiary/aromatic N) is 1. The molecule has 5 heteroatoms. The standard InChI is InChI=1S/C11H22N2O2Si/c1-10(2,3)16(6,7)15-9-12-8(14)11(4,5)13-9/h1-7H3,(H,12,13,14). The molecule has 0 atom stereocenters. The molecule has 0 aromatic heterocycles. The van der Waals surface area contributed by atoms with Gasteiger partial charge in [-0.15, -0.1) is 0 Å². The summed E-state index contributed by atoms with van der Waals surface area (Å²) >= 11 is 0. The van der Waals surface area contributed by atoms with Gasteiger partial charge in [-0.2, -0.15) is 0 Å². The molecule has 0 fully saturated rings. The van der Waals surface area contributed by atoms with Crippen molar-refractivity contribution in [2.75, 3.05) is 0 Å². The summed E-state index contributed by atoms with van der Waals surface area (Å²) in [6.45, 7) is 14.3. The second-order valence-corrected chi connectivity index (χ2v) is 11.0. The van der Waals surface area contributed by atoms with E-state index < -0.39 is 13.9 Å². The normalized spacial score (nSPS) is 20.4. The molecule has 16 heavy (non-hydrogen) atoms. The highest BCUT2D eigenvalue weighted by Gasteiger charge is 2.43. The summed E-state index contributed by atoms with van der Waals surface area (Å²) in [7, 11) is -1.91. The van der Waals surface area contributed by atoms with Crippen LogP contribution in [0, 0.1) is 0 Å². The van der Waals surface area contributed by atoms with Crippen molar-refractivity contribution in [1.82, 2.24) is 5.32 Å². The van der Waals surface area contributed by atoms with Gasteiger partial charge in [0.05, 0.1) is 0 Å². The van der Waals surface area contributed by atoms with Crippen molar-refractivity contribution in [3.8, 4) is 0 Å². The first-order valence-electron chi connectivity index (χ1n) is 5.56. The number of nitrogens with one attached hydrogen (secondary N) is 1. The average molecular weight is 242 g/mol. The largest absolute Gasteiger partial charge is 0.518 e. The van der Waals surface area contributed by atoms with Gasteiger partial charge in [-0.25, -0.2) is 4.99 Å². The highest BCUT2D eigenvalue weighted by atomic mass is 28.4. The van der Waals surface area contributed by atoms with Crippen molar-refractivity contribution in [2.24, 2.45) is 4.99 Å². The Morgan fingerprint density at radius 1 is 1.31 bits per heavy atom. The Labute approximate surface area is 98.6 Å². The molecule has 0 aromatic rings. The van der Waals surface area contributed by atoms with E-state index in [1.165, 1.54) is 0 Å². The Morgan fingerprint density at radius 2 is 1.81 bits per heavy atom. The summed E-state index contributed by atoms with van der Waals surface area (Å²) in [4.78, 5) is 15.8. The lowest BCUT2D eigenvalue weighted by Gasteiger charge is -2.35. The second-order valence-electron chi connectivity index (χ2n) is 6.29. The van der Waals surface area contributed by atoms with Gasteiger partial charge in [-0.3, -0.25) is 10.1 Å². The predicted octanol–water partition coefficient (Wildman–Crippen LogP) is 2.27. The van der Waals surface area contributed by atoms with Crippen molar-refractivity contribution >= 4 is 20.2 Å². The zero-order valence-corrected chi connectivity index (χ0v) is 12.3. The maximum atomic E-state index is 11.6. The van der Waals surface area contributed by atoms with Gasteiger partial charge in [0.1, 0.15) is 5.54 Å². The van der Waals surface area contributed by atoms with Gasteiger partial charge in [0.25, 0.3) is 20.2 Å². The van der Waals surface area contributed by atoms with E-state index in [0.29, 0.717) is 6.02 Å². The molecule has 1 amide bonds. The molecule has 0 aromatic carbocycles. The zero-order valence-electron chi connectivity index (χ0n) is 11.3. The lowest BCUT2D eigenvalue weighted by Crippen LogP contribution is -2.45. The number of hydrogen-bond acceptors (Lipinski definition) is 3. The van der Waals surface area contributed by atoms with E-state index in [4.69, 9.17) is 4.43 Å². The van der Waals surface area contributed by atoms with E-state index in [1.807, 2.05) is 0 Å². The molecule has 0 bridgehead atoms. The van der Waals surface area contributed by atoms with Gasteiger partial charge in [0.2, 0.25) is 0 Å². The van der Waals surface area contributed by atoms with Gasteiger partial charge in [0, 0.05) is 0 Å². The summed E-state index contributed by atoms with van der Waals surface area (Å²) in [5, 5.41) is 2.80. The third-order valence-corrected chi connectivity index (χ3v) is 7.63. The summed E-state index contributed by atoms with van der Waals surface area (Å²) in [6.07, 6.45) is 0. The maximum Gasteiger partial charge on any atom is 0.278 e. The lowest BCUT2D eigenvalue weighted by atomic mass is 10.1. The topological polar surface area (TPSA) is 50.7 Å². The highest BCUT2D eigenvalue weighted by Crippen LogP contribution is 2.37. The highest BCUT2D eigenvalue weighted by molar-refractivity contribution is 6.75. The zero-order chi connectivity index (χ0) is 12.8. The third kappa shape index (κ3) is 2.45. The Balaban J connectivity index is 2.82. The third-order valence-electron chi connectivity index (χ3n) is 3.32. The first-order valence-corrected chi connectivity index (χ1v) is 8.47. The molecule has 0 unspecified atom stereocenters. The molecule has 0 spiro atoms. The van der Waals surface area contributed by atoms with E-state index in [1.54, 1.807) is 13.8 Å². The molecule has 1 heterocycles. The van der Waals surface area contributed by atoms with E-state index >= 15 is 0 Å². The predicted molar refractivity (Wildman–Crippen MR) is 67.9 cm³/mol. The van der Waals surface area contributed by atoms with Crippen molar-refractivity contribution in [2.45, 2.75) is 58.3 Å². The summed E-state index contributed by atoms with van der Waals surface area (Å²) in [5.74, 6) is -0.0961. The van der Waals surface area contributed by atoms with Crippen molar-refractivity contribution in [1.29, 1.82) is 0 Å². The van der Waals surface area contributed by atoms with Gasteiger partial charge in [0.15, 0.2) is 0 Å². The molecular weight excluding hydrogens is 220 g/mol. The molecule has 1 aliphatic heterocycles. The van der Waals surface area contributed by atoms with Crippen LogP contribution in [0.5, 0.6) is 0 Å². The van der Waals surface area contributed by atoms with E-state index in [2.05, 4.69) is 44.2 Å². The molecule has 92 valence electrons. The smallest absolute Gasteiger partial charge is 0.278 e. The maximum absolute atomic E-state index is 11.6. The molecule has 0 saturated carbocycles. The Morgan fingerprint density at radius 3 is 2.12 bits per heavy atom. The van der Waals surface area contributed by atoms with E-state index in [0.717, 1.165) is 0 Å². The van der Waals surface area contributed by atoms with Gasteiger partial charge >= 0.3 is 0 Å². The van der Waals surface area contributed by atoms with Crippen molar-refractivity contribution < 1.29 is 9.22 Å². The molecule has 1 N–H and O–H groups in total. The number of amides is 1. The molecule has 0 aliphatic carbocycles. The number of carbonyl (C=O) groups excluding carboxylic acids is 1. The van der Waals surface area contributed by atoms with Crippen LogP contribution in [-0.2, 0) is 9.22 Å². The van der Waals surface area contributed by atoms with Crippen molar-refractivity contribution in [3.05, 3.63) is 0 Å². The van der Waals surface area contributed by atoms with Crippen LogP contribution in [0.1, 0.15) is 34.6 Å². The Hall–Kier alpha value is -0.843. The quantitative estimate of drug-likeness (QED) is 0.717. The molecule has 4 nitrogen and oxygen atoms in total. The summed E-state index contributed by atoms with van der Waals surface area (Å²) in [5.41, 5.74) is -0.697. The Bertz CT molecular complexity index is 340. The monoisotopic (exact) mass is 242 g/mol. The van der Waals surface area contributed by atoms with Crippen molar-refractivity contribution in [3.63, 3.8) is 0 Å². The summed E-state index contributed by atoms with van der Waals surface area (Å²) in [6, 6.07) is 0.390. The minimum atomic E-state index is -1.91. The van der Waals surface area contributed by atoms with Crippen LogP contribution < -0.4 is 5.32 Å². The first kappa shape index (κ1) is 13.2. The molecule has 0 saturated heterocycles. The van der Waals surface area contributed by atoms with Crippen LogP contribution in [0.3, 0.4) is 0 Å². The fraction of sp³-hybridized carbons (Fsp3) is 0.818. The van der Waals surface area contributed by atoms with Crippen LogP contribution in [0.4, 0.5) is 0 Å². The lowest BCUT2D eigenvalue weighted by molar-refractivity contribution is -0.122. The minimum absolute atomic E-state index is 0.0961. The van der Waals surface area contributed by atoms with E-state index in [9.17, 15) is 4.79 Å². The van der Waals surface area contributed by atoms with Gasteiger partial charge in [-0.1, -0.05) is 20.8 Å². The summed E-state index contributed by atoms with van der Waals surface area (Å²) < 4.78 is 5.93. The van der Waals surface area contributed by atoms with Crippen LogP contribution >= 0.6 is 0 Å². The van der Waals surface area contributed by atoms with Gasteiger partial charge in [-0.05, 0) is 32.0 Å². The molecular formula is C11H22N2O2Si. The fourth-order valence-corrected chi connectivity index (χ4v) is 1.91. The number of carbonyl (C=O) groups is 1. The number of hydrogen-bond donors (Lipinski definition) is 1. The molecule has 0 radical (unpaired) electrons. The molecule has 1 aliphatic rings. The van der Waals surface area contributed by atoms with Crippen LogP contribution in [0.2, 0.25) is 18.1 Å².